The average molecular weight is 526 g/mol. The van der Waals surface area contributed by atoms with Gasteiger partial charge >= 0.3 is 5.97 Å². The molecule has 1 aliphatic rings. The zero-order valence-electron chi connectivity index (χ0n) is 20.0. The van der Waals surface area contributed by atoms with E-state index in [1.54, 1.807) is 18.2 Å². The Balaban J connectivity index is 1.53. The molecule has 9 heteroatoms. The number of aromatic carboxylic acids is 1. The molecule has 1 N–H and O–H groups in total. The molecule has 2 aromatic heterocycles. The van der Waals surface area contributed by atoms with Gasteiger partial charge in [-0.3, -0.25) is 4.98 Å². The maximum absolute atomic E-state index is 14.4. The standard InChI is InChI=1S/C28H26ClF2N3O3/c29-20-9-6-18(7-10-20)27-33-24-12-22(30)23(31)13-25(24)34(27)26(17-4-2-1-3-5-17)16-37-15-21-11-8-19(14-32-21)28(35)36/h6-14,17,26H,1-5,15-16H2,(H,35,36). The van der Waals surface area contributed by atoms with E-state index in [0.29, 0.717) is 34.2 Å². The first-order chi connectivity index (χ1) is 17.9. The van der Waals surface area contributed by atoms with Crippen LogP contribution in [0.5, 0.6) is 0 Å². The third kappa shape index (κ3) is 5.50. The van der Waals surface area contributed by atoms with E-state index in [1.807, 2.05) is 16.7 Å². The second-order valence-electron chi connectivity index (χ2n) is 9.39. The van der Waals surface area contributed by atoms with E-state index >= 15 is 0 Å². The number of benzene rings is 2. The number of carbonyl (C=O) groups is 1. The van der Waals surface area contributed by atoms with Gasteiger partial charge in [-0.1, -0.05) is 30.9 Å². The van der Waals surface area contributed by atoms with Crippen LogP contribution in [0.3, 0.4) is 0 Å². The molecule has 1 aliphatic carbocycles. The van der Waals surface area contributed by atoms with Gasteiger partial charge in [0, 0.05) is 28.9 Å². The molecule has 1 atom stereocenters. The highest BCUT2D eigenvalue weighted by molar-refractivity contribution is 6.30. The van der Waals surface area contributed by atoms with Gasteiger partial charge in [-0.25, -0.2) is 18.6 Å². The molecule has 2 aromatic carbocycles. The van der Waals surface area contributed by atoms with Crippen molar-refractivity contribution in [1.29, 1.82) is 0 Å². The number of hydrogen-bond acceptors (Lipinski definition) is 4. The van der Waals surface area contributed by atoms with Crippen LogP contribution in [-0.2, 0) is 11.3 Å². The predicted molar refractivity (Wildman–Crippen MR) is 137 cm³/mol. The summed E-state index contributed by atoms with van der Waals surface area (Å²) in [6.07, 6.45) is 6.62. The van der Waals surface area contributed by atoms with Crippen molar-refractivity contribution in [2.75, 3.05) is 6.61 Å². The Labute approximate surface area is 217 Å². The molecule has 1 unspecified atom stereocenters. The van der Waals surface area contributed by atoms with Crippen molar-refractivity contribution in [2.45, 2.75) is 44.8 Å². The minimum atomic E-state index is -1.04. The molecule has 0 aliphatic heterocycles. The molecule has 37 heavy (non-hydrogen) atoms. The van der Waals surface area contributed by atoms with Gasteiger partial charge in [0.2, 0.25) is 0 Å². The van der Waals surface area contributed by atoms with Crippen LogP contribution in [0.1, 0.15) is 54.2 Å². The lowest BCUT2D eigenvalue weighted by molar-refractivity contribution is 0.0614. The quantitative estimate of drug-likeness (QED) is 0.266. The molecule has 0 saturated heterocycles. The molecule has 4 aromatic rings. The van der Waals surface area contributed by atoms with Crippen LogP contribution in [0.4, 0.5) is 8.78 Å². The molecule has 6 nitrogen and oxygen atoms in total. The van der Waals surface area contributed by atoms with Crippen LogP contribution in [0.15, 0.2) is 54.7 Å². The third-order valence-corrected chi connectivity index (χ3v) is 7.22. The lowest BCUT2D eigenvalue weighted by atomic mass is 9.83. The third-order valence-electron chi connectivity index (χ3n) is 6.97. The van der Waals surface area contributed by atoms with Crippen molar-refractivity contribution >= 4 is 28.6 Å². The molecule has 5 rings (SSSR count). The van der Waals surface area contributed by atoms with Gasteiger partial charge in [0.15, 0.2) is 11.6 Å². The Morgan fingerprint density at radius 3 is 2.49 bits per heavy atom. The van der Waals surface area contributed by atoms with Gasteiger partial charge < -0.3 is 14.4 Å². The average Bonchev–Trinajstić information content (AvgIpc) is 3.25. The minimum absolute atomic E-state index is 0.107. The number of pyridine rings is 1. The molecule has 1 fully saturated rings. The van der Waals surface area contributed by atoms with E-state index in [4.69, 9.17) is 26.4 Å². The fraction of sp³-hybridized carbons (Fsp3) is 0.321. The molecule has 192 valence electrons. The van der Waals surface area contributed by atoms with Crippen molar-refractivity contribution in [3.63, 3.8) is 0 Å². The van der Waals surface area contributed by atoms with Gasteiger partial charge in [0.05, 0.1) is 41.5 Å². The topological polar surface area (TPSA) is 77.2 Å². The van der Waals surface area contributed by atoms with Crippen LogP contribution in [0.25, 0.3) is 22.4 Å². The number of nitrogens with zero attached hydrogens (tertiary/aromatic N) is 3. The van der Waals surface area contributed by atoms with Crippen molar-refractivity contribution in [2.24, 2.45) is 5.92 Å². The van der Waals surface area contributed by atoms with Gasteiger partial charge in [0.25, 0.3) is 0 Å². The van der Waals surface area contributed by atoms with Crippen molar-refractivity contribution in [3.05, 3.63) is 82.6 Å². The highest BCUT2D eigenvalue weighted by Crippen LogP contribution is 2.39. The van der Waals surface area contributed by atoms with E-state index in [9.17, 15) is 13.6 Å². The molecule has 2 heterocycles. The van der Waals surface area contributed by atoms with Crippen LogP contribution < -0.4 is 0 Å². The Hall–Kier alpha value is -3.36. The summed E-state index contributed by atoms with van der Waals surface area (Å²) >= 11 is 6.11. The number of aromatic nitrogens is 3. The zero-order chi connectivity index (χ0) is 25.9. The first-order valence-electron chi connectivity index (χ1n) is 12.3. The summed E-state index contributed by atoms with van der Waals surface area (Å²) in [5.74, 6) is -2.06. The van der Waals surface area contributed by atoms with Gasteiger partial charge in [-0.15, -0.1) is 0 Å². The number of rotatable bonds is 8. The summed E-state index contributed by atoms with van der Waals surface area (Å²) in [4.78, 5) is 20.0. The number of carboxylic acids is 1. The zero-order valence-corrected chi connectivity index (χ0v) is 20.8. The largest absolute Gasteiger partial charge is 0.478 e. The Kier molecular flexibility index (Phi) is 7.48. The summed E-state index contributed by atoms with van der Waals surface area (Å²) in [7, 11) is 0. The van der Waals surface area contributed by atoms with E-state index in [2.05, 4.69) is 4.98 Å². The molecular formula is C28H26ClF2N3O3. The van der Waals surface area contributed by atoms with Crippen LogP contribution in [0.2, 0.25) is 5.02 Å². The van der Waals surface area contributed by atoms with Crippen LogP contribution in [-0.4, -0.2) is 32.2 Å². The van der Waals surface area contributed by atoms with Gasteiger partial charge in [0.1, 0.15) is 5.82 Å². The molecule has 0 radical (unpaired) electrons. The lowest BCUT2D eigenvalue weighted by Gasteiger charge is -2.32. The van der Waals surface area contributed by atoms with E-state index < -0.39 is 17.6 Å². The predicted octanol–water partition coefficient (Wildman–Crippen LogP) is 7.07. The monoisotopic (exact) mass is 525 g/mol. The second kappa shape index (κ2) is 10.9. The van der Waals surface area contributed by atoms with Gasteiger partial charge in [-0.2, -0.15) is 0 Å². The highest BCUT2D eigenvalue weighted by Gasteiger charge is 2.30. The van der Waals surface area contributed by atoms with E-state index in [-0.39, 0.29) is 24.1 Å². The fourth-order valence-electron chi connectivity index (χ4n) is 5.09. The minimum Gasteiger partial charge on any atom is -0.478 e. The van der Waals surface area contributed by atoms with Gasteiger partial charge in [-0.05, 0) is 55.2 Å². The second-order valence-corrected chi connectivity index (χ2v) is 9.83. The van der Waals surface area contributed by atoms with Crippen molar-refractivity contribution in [3.8, 4) is 11.4 Å². The number of imidazole rings is 1. The summed E-state index contributed by atoms with van der Waals surface area (Å²) in [6.45, 7) is 0.493. The smallest absolute Gasteiger partial charge is 0.337 e. The van der Waals surface area contributed by atoms with Crippen molar-refractivity contribution < 1.29 is 23.4 Å². The first kappa shape index (κ1) is 25.3. The maximum Gasteiger partial charge on any atom is 0.337 e. The molecule has 0 amide bonds. The maximum atomic E-state index is 14.4. The normalized spacial score (nSPS) is 15.2. The summed E-state index contributed by atoms with van der Waals surface area (Å²) in [5.41, 5.74) is 2.38. The van der Waals surface area contributed by atoms with Crippen molar-refractivity contribution in [1.82, 2.24) is 14.5 Å². The number of halogens is 3. The van der Waals surface area contributed by atoms with E-state index in [1.165, 1.54) is 24.8 Å². The molecule has 0 spiro atoms. The first-order valence-corrected chi connectivity index (χ1v) is 12.7. The summed E-state index contributed by atoms with van der Waals surface area (Å²) < 4.78 is 36.7. The lowest BCUT2D eigenvalue weighted by Crippen LogP contribution is -2.27. The molecule has 0 bridgehead atoms. The Morgan fingerprint density at radius 1 is 1.08 bits per heavy atom. The number of carboxylic acid groups (broad SMARTS) is 1. The molecular weight excluding hydrogens is 500 g/mol. The summed E-state index contributed by atoms with van der Waals surface area (Å²) in [5, 5.41) is 9.68. The molecule has 1 saturated carbocycles. The number of hydrogen-bond donors (Lipinski definition) is 1. The van der Waals surface area contributed by atoms with E-state index in [0.717, 1.165) is 37.3 Å². The number of ether oxygens (including phenoxy) is 1. The Bertz CT molecular complexity index is 1400. The fourth-order valence-corrected chi connectivity index (χ4v) is 5.22. The summed E-state index contributed by atoms with van der Waals surface area (Å²) in [6, 6.07) is 12.5. The van der Waals surface area contributed by atoms with Crippen LogP contribution >= 0.6 is 11.6 Å². The van der Waals surface area contributed by atoms with Crippen LogP contribution in [0, 0.1) is 17.6 Å². The SMILES string of the molecule is O=C(O)c1ccc(COCC(C2CCCCC2)n2c(-c3ccc(Cl)cc3)nc3cc(F)c(F)cc32)nc1. The Morgan fingerprint density at radius 2 is 1.81 bits per heavy atom. The highest BCUT2D eigenvalue weighted by atomic mass is 35.5. The number of fused-ring (bicyclic) bond motifs is 1.